The quantitative estimate of drug-likeness (QED) is 0.117. The fourth-order valence-corrected chi connectivity index (χ4v) is 4.68. The number of esters is 1. The topological polar surface area (TPSA) is 52.6 Å². The number of methoxy groups -OCH3 is 1. The predicted octanol–water partition coefficient (Wildman–Crippen LogP) is 8.03. The Morgan fingerprint density at radius 2 is 1.32 bits per heavy atom. The van der Waals surface area contributed by atoms with Crippen molar-refractivity contribution in [3.8, 4) is 11.5 Å². The van der Waals surface area contributed by atoms with Crippen LogP contribution in [0.4, 0.5) is 0 Å². The number of ether oxygens (including phenoxy) is 2. The van der Waals surface area contributed by atoms with Crippen LogP contribution in [0.5, 0.6) is 11.5 Å². The summed E-state index contributed by atoms with van der Waals surface area (Å²) in [5.74, 6) is 1.65. The molecule has 4 aromatic rings. The molecule has 38 heavy (non-hydrogen) atoms. The second kappa shape index (κ2) is 12.9. The fraction of sp³-hybridized carbons (Fsp3) is 0.235. The van der Waals surface area contributed by atoms with Crippen LogP contribution >= 0.6 is 0 Å². The first-order chi connectivity index (χ1) is 18.5. The van der Waals surface area contributed by atoms with Gasteiger partial charge in [-0.05, 0) is 89.9 Å². The molecule has 0 fully saturated rings. The van der Waals surface area contributed by atoms with E-state index in [1.54, 1.807) is 43.5 Å². The second-order valence-electron chi connectivity index (χ2n) is 9.64. The summed E-state index contributed by atoms with van der Waals surface area (Å²) in [7, 11) is 1.59. The van der Waals surface area contributed by atoms with Crippen LogP contribution in [0.2, 0.25) is 0 Å². The molecular weight excluding hydrogens is 472 g/mol. The molecule has 4 rings (SSSR count). The van der Waals surface area contributed by atoms with Gasteiger partial charge in [-0.15, -0.1) is 0 Å². The van der Waals surface area contributed by atoms with Crippen LogP contribution in [0.15, 0.2) is 103 Å². The Morgan fingerprint density at radius 1 is 0.711 bits per heavy atom. The minimum atomic E-state index is -0.399. The molecule has 4 aromatic carbocycles. The summed E-state index contributed by atoms with van der Waals surface area (Å²) in [5, 5.41) is 0. The second-order valence-corrected chi connectivity index (χ2v) is 9.64. The van der Waals surface area contributed by atoms with Gasteiger partial charge in [0.05, 0.1) is 12.7 Å². The van der Waals surface area contributed by atoms with Gasteiger partial charge in [0.2, 0.25) is 0 Å². The Bertz CT molecular complexity index is 1320. The molecule has 0 radical (unpaired) electrons. The molecule has 194 valence electrons. The van der Waals surface area contributed by atoms with Gasteiger partial charge in [-0.3, -0.25) is 4.79 Å². The molecule has 0 N–H and O–H groups in total. The Kier molecular flexibility index (Phi) is 9.10. The van der Waals surface area contributed by atoms with Gasteiger partial charge in [0.15, 0.2) is 5.78 Å². The highest BCUT2D eigenvalue weighted by Crippen LogP contribution is 2.32. The molecule has 0 aromatic heterocycles. The fourth-order valence-electron chi connectivity index (χ4n) is 4.68. The summed E-state index contributed by atoms with van der Waals surface area (Å²) in [6.07, 6.45) is 2.36. The van der Waals surface area contributed by atoms with Crippen molar-refractivity contribution in [2.24, 2.45) is 0 Å². The van der Waals surface area contributed by atoms with Gasteiger partial charge in [0.25, 0.3) is 0 Å². The Labute approximate surface area is 225 Å². The summed E-state index contributed by atoms with van der Waals surface area (Å²) in [6, 6.07) is 32.5. The number of hydrogen-bond donors (Lipinski definition) is 0. The minimum absolute atomic E-state index is 0.0148. The lowest BCUT2D eigenvalue weighted by atomic mass is 9.84. The first kappa shape index (κ1) is 26.9. The van der Waals surface area contributed by atoms with Gasteiger partial charge < -0.3 is 9.47 Å². The van der Waals surface area contributed by atoms with Crippen LogP contribution in [0.1, 0.15) is 75.9 Å². The van der Waals surface area contributed by atoms with E-state index in [1.807, 2.05) is 42.5 Å². The molecule has 0 amide bonds. The lowest BCUT2D eigenvalue weighted by Gasteiger charge is -2.21. The van der Waals surface area contributed by atoms with Crippen LogP contribution in [-0.4, -0.2) is 18.9 Å². The number of carbonyl (C=O) groups is 2. The first-order valence-electron chi connectivity index (χ1n) is 13.1. The van der Waals surface area contributed by atoms with Crippen LogP contribution < -0.4 is 9.47 Å². The zero-order valence-corrected chi connectivity index (χ0v) is 22.2. The smallest absolute Gasteiger partial charge is 0.343 e. The summed E-state index contributed by atoms with van der Waals surface area (Å²) < 4.78 is 10.7. The highest BCUT2D eigenvalue weighted by molar-refractivity contribution is 5.97. The van der Waals surface area contributed by atoms with E-state index in [4.69, 9.17) is 9.47 Å². The minimum Gasteiger partial charge on any atom is -0.497 e. The van der Waals surface area contributed by atoms with Crippen LogP contribution in [-0.2, 0) is 6.42 Å². The van der Waals surface area contributed by atoms with Crippen molar-refractivity contribution in [3.63, 3.8) is 0 Å². The van der Waals surface area contributed by atoms with E-state index in [0.29, 0.717) is 34.5 Å². The number of carbonyl (C=O) groups excluding carboxylic acids is 2. The first-order valence-corrected chi connectivity index (χ1v) is 13.1. The summed E-state index contributed by atoms with van der Waals surface area (Å²) >= 11 is 0. The average Bonchev–Trinajstić information content (AvgIpc) is 2.97. The summed E-state index contributed by atoms with van der Waals surface area (Å²) in [5.41, 5.74) is 4.58. The van der Waals surface area contributed by atoms with Crippen molar-refractivity contribution in [3.05, 3.63) is 131 Å². The van der Waals surface area contributed by atoms with E-state index in [1.165, 1.54) is 11.1 Å². The Balaban J connectivity index is 1.33. The van der Waals surface area contributed by atoms with Crippen LogP contribution in [0.3, 0.4) is 0 Å². The molecule has 2 atom stereocenters. The predicted molar refractivity (Wildman–Crippen MR) is 151 cm³/mol. The zero-order chi connectivity index (χ0) is 26.9. The van der Waals surface area contributed by atoms with Crippen molar-refractivity contribution < 1.29 is 19.1 Å². The molecule has 0 heterocycles. The van der Waals surface area contributed by atoms with Crippen molar-refractivity contribution in [2.75, 3.05) is 7.11 Å². The number of ketones is 1. The van der Waals surface area contributed by atoms with E-state index in [9.17, 15) is 9.59 Å². The third kappa shape index (κ3) is 6.98. The highest BCUT2D eigenvalue weighted by atomic mass is 16.5. The molecular formula is C34H34O4. The normalized spacial score (nSPS) is 12.4. The maximum atomic E-state index is 12.7. The molecule has 0 bridgehead atoms. The zero-order valence-electron chi connectivity index (χ0n) is 22.2. The van der Waals surface area contributed by atoms with Crippen LogP contribution in [0.25, 0.3) is 0 Å². The molecule has 0 saturated carbocycles. The number of hydrogen-bond acceptors (Lipinski definition) is 4. The largest absolute Gasteiger partial charge is 0.497 e. The highest BCUT2D eigenvalue weighted by Gasteiger charge is 2.17. The van der Waals surface area contributed by atoms with Crippen molar-refractivity contribution in [1.82, 2.24) is 0 Å². The third-order valence-corrected chi connectivity index (χ3v) is 7.03. The van der Waals surface area contributed by atoms with Crippen molar-refractivity contribution >= 4 is 11.8 Å². The number of rotatable bonds is 11. The van der Waals surface area contributed by atoms with Crippen molar-refractivity contribution in [2.45, 2.75) is 44.9 Å². The van der Waals surface area contributed by atoms with Crippen molar-refractivity contribution in [1.29, 1.82) is 0 Å². The standard InChI is InChI=1S/C34H34O4/c1-4-26(22-24(2)27-8-6-5-7-9-27)28-12-14-30(15-13-28)34(36)38-32-18-10-25(11-19-32)23-33(35)29-16-20-31(37-3)21-17-29/h5-21,24,26H,4,22-23H2,1-3H3. The molecule has 2 unspecified atom stereocenters. The molecule has 0 aliphatic heterocycles. The van der Waals surface area contributed by atoms with Gasteiger partial charge in [-0.1, -0.05) is 68.4 Å². The number of benzene rings is 4. The SMILES string of the molecule is CCC(CC(C)c1ccccc1)c1ccc(C(=O)Oc2ccc(CC(=O)c3ccc(OC)cc3)cc2)cc1. The molecule has 0 saturated heterocycles. The Hall–Kier alpha value is -4.18. The molecule has 4 heteroatoms. The average molecular weight is 507 g/mol. The monoisotopic (exact) mass is 506 g/mol. The van der Waals surface area contributed by atoms with E-state index >= 15 is 0 Å². The molecule has 0 aliphatic carbocycles. The lowest BCUT2D eigenvalue weighted by Crippen LogP contribution is -2.09. The van der Waals surface area contributed by atoms with E-state index < -0.39 is 5.97 Å². The maximum absolute atomic E-state index is 12.7. The lowest BCUT2D eigenvalue weighted by molar-refractivity contribution is 0.0734. The van der Waals surface area contributed by atoms with Gasteiger partial charge in [0.1, 0.15) is 11.5 Å². The van der Waals surface area contributed by atoms with E-state index in [-0.39, 0.29) is 12.2 Å². The summed E-state index contributed by atoms with van der Waals surface area (Å²) in [6.45, 7) is 4.47. The van der Waals surface area contributed by atoms with Crippen LogP contribution in [0, 0.1) is 0 Å². The Morgan fingerprint density at radius 3 is 1.92 bits per heavy atom. The molecule has 0 aliphatic rings. The van der Waals surface area contributed by atoms with E-state index in [2.05, 4.69) is 38.1 Å². The van der Waals surface area contributed by atoms with Gasteiger partial charge in [-0.25, -0.2) is 4.79 Å². The van der Waals surface area contributed by atoms with Gasteiger partial charge in [0, 0.05) is 12.0 Å². The molecule has 4 nitrogen and oxygen atoms in total. The number of Topliss-reactive ketones (excluding diaryl/α,β-unsaturated/α-hetero) is 1. The molecule has 0 spiro atoms. The third-order valence-electron chi connectivity index (χ3n) is 7.03. The van der Waals surface area contributed by atoms with Gasteiger partial charge >= 0.3 is 5.97 Å². The maximum Gasteiger partial charge on any atom is 0.343 e. The summed E-state index contributed by atoms with van der Waals surface area (Å²) in [4.78, 5) is 25.3. The van der Waals surface area contributed by atoms with E-state index in [0.717, 1.165) is 18.4 Å². The van der Waals surface area contributed by atoms with Gasteiger partial charge in [-0.2, -0.15) is 0 Å².